The number of hydrogen-bond donors (Lipinski definition) is 2. The van der Waals surface area contributed by atoms with Gasteiger partial charge in [0.05, 0.1) is 11.8 Å². The number of hydrazine groups is 1. The monoisotopic (exact) mass is 418 g/mol. The minimum atomic E-state index is -0.353. The van der Waals surface area contributed by atoms with E-state index < -0.39 is 0 Å². The van der Waals surface area contributed by atoms with E-state index in [0.717, 1.165) is 36.8 Å². The van der Waals surface area contributed by atoms with Crippen molar-refractivity contribution in [1.29, 1.82) is 0 Å². The van der Waals surface area contributed by atoms with Crippen LogP contribution < -0.4 is 10.9 Å². The van der Waals surface area contributed by atoms with E-state index in [4.69, 9.17) is 0 Å². The number of amides is 2. The molecule has 2 amide bonds. The summed E-state index contributed by atoms with van der Waals surface area (Å²) in [6.07, 6.45) is 3.00. The summed E-state index contributed by atoms with van der Waals surface area (Å²) in [7, 11) is 4.06. The molecule has 1 aromatic carbocycles. The van der Waals surface area contributed by atoms with Crippen molar-refractivity contribution in [3.05, 3.63) is 41.7 Å². The smallest absolute Gasteiger partial charge is 0.269 e. The molecule has 158 valence electrons. The topological polar surface area (TPSA) is 92.2 Å². The highest BCUT2D eigenvalue weighted by Gasteiger charge is 2.22. The zero-order chi connectivity index (χ0) is 21.2. The van der Waals surface area contributed by atoms with Gasteiger partial charge in [0.1, 0.15) is 0 Å². The Kier molecular flexibility index (Phi) is 9.14. The van der Waals surface area contributed by atoms with Crippen molar-refractivity contribution in [2.75, 3.05) is 19.8 Å². The summed E-state index contributed by atoms with van der Waals surface area (Å²) in [5.41, 5.74) is 5.36. The third-order valence-electron chi connectivity index (χ3n) is 4.47. The van der Waals surface area contributed by atoms with Crippen LogP contribution in [-0.4, -0.2) is 51.3 Å². The Bertz CT molecular complexity index is 794. The number of thioether (sulfide) groups is 1. The van der Waals surface area contributed by atoms with E-state index in [9.17, 15) is 9.59 Å². The highest BCUT2D eigenvalue weighted by molar-refractivity contribution is 7.99. The first kappa shape index (κ1) is 22.9. The van der Waals surface area contributed by atoms with Gasteiger partial charge in [0.25, 0.3) is 5.91 Å². The van der Waals surface area contributed by atoms with Crippen molar-refractivity contribution in [1.82, 2.24) is 30.5 Å². The fraction of sp³-hybridized carbons (Fsp3) is 0.500. The van der Waals surface area contributed by atoms with Crippen LogP contribution in [0.1, 0.15) is 55.3 Å². The van der Waals surface area contributed by atoms with Crippen LogP contribution in [0.25, 0.3) is 0 Å². The Labute approximate surface area is 176 Å². The van der Waals surface area contributed by atoms with Crippen LogP contribution >= 0.6 is 11.8 Å². The second-order valence-corrected chi connectivity index (χ2v) is 7.83. The second-order valence-electron chi connectivity index (χ2n) is 6.89. The van der Waals surface area contributed by atoms with Crippen molar-refractivity contribution < 1.29 is 9.59 Å². The summed E-state index contributed by atoms with van der Waals surface area (Å²) in [5.74, 6) is 0.406. The van der Waals surface area contributed by atoms with Gasteiger partial charge in [-0.2, -0.15) is 0 Å². The molecular weight excluding hydrogens is 388 g/mol. The maximum Gasteiger partial charge on any atom is 0.269 e. The fourth-order valence-corrected chi connectivity index (χ4v) is 3.68. The van der Waals surface area contributed by atoms with Gasteiger partial charge in [-0.05, 0) is 39.1 Å². The highest BCUT2D eigenvalue weighted by Crippen LogP contribution is 2.25. The number of carbonyl (C=O) groups is 2. The predicted octanol–water partition coefficient (Wildman–Crippen LogP) is 2.64. The van der Waals surface area contributed by atoms with Crippen LogP contribution in [-0.2, 0) is 11.3 Å². The normalized spacial score (nSPS) is 12.0. The fourth-order valence-electron chi connectivity index (χ4n) is 2.91. The number of rotatable bonds is 10. The molecule has 1 atom stereocenters. The lowest BCUT2D eigenvalue weighted by Gasteiger charge is -2.23. The molecule has 0 saturated heterocycles. The average Bonchev–Trinajstić information content (AvgIpc) is 3.12. The molecule has 0 aliphatic carbocycles. The van der Waals surface area contributed by atoms with Crippen LogP contribution in [0.15, 0.2) is 35.5 Å². The van der Waals surface area contributed by atoms with Gasteiger partial charge in [0, 0.05) is 12.1 Å². The molecule has 9 heteroatoms. The number of carbonyl (C=O) groups excluding carboxylic acids is 2. The zero-order valence-corrected chi connectivity index (χ0v) is 18.3. The number of nitrogens with one attached hydrogen (secondary N) is 2. The summed E-state index contributed by atoms with van der Waals surface area (Å²) in [6.45, 7) is 5.08. The standard InChI is InChI=1S/C20H30N6O2S/c1-5-7-13-26-18(16(6-2)25(3)4)22-24-20(26)29-14-17(27)21-23-19(28)15-11-9-8-10-12-15/h8-12,16H,5-7,13-14H2,1-4H3,(H,21,27)(H,23,28)/t16-/m0/s1. The molecule has 2 aromatic rings. The SMILES string of the molecule is CCCCn1c(SCC(=O)NNC(=O)c2ccccc2)nnc1[C@H](CC)N(C)C. The van der Waals surface area contributed by atoms with E-state index in [1.165, 1.54) is 11.8 Å². The zero-order valence-electron chi connectivity index (χ0n) is 17.5. The molecule has 1 aromatic heterocycles. The molecule has 29 heavy (non-hydrogen) atoms. The highest BCUT2D eigenvalue weighted by atomic mass is 32.2. The minimum Gasteiger partial charge on any atom is -0.305 e. The minimum absolute atomic E-state index is 0.137. The number of nitrogens with zero attached hydrogens (tertiary/aromatic N) is 4. The van der Waals surface area contributed by atoms with Gasteiger partial charge in [-0.1, -0.05) is 50.2 Å². The summed E-state index contributed by atoms with van der Waals surface area (Å²) >= 11 is 1.32. The first-order valence-corrected chi connectivity index (χ1v) is 10.8. The first-order chi connectivity index (χ1) is 14.0. The lowest BCUT2D eigenvalue weighted by atomic mass is 10.2. The Morgan fingerprint density at radius 2 is 1.86 bits per heavy atom. The van der Waals surface area contributed by atoms with Gasteiger partial charge in [0.15, 0.2) is 11.0 Å². The van der Waals surface area contributed by atoms with Gasteiger partial charge in [0.2, 0.25) is 5.91 Å². The molecule has 0 spiro atoms. The van der Waals surface area contributed by atoms with E-state index in [2.05, 4.69) is 44.4 Å². The van der Waals surface area contributed by atoms with Crippen molar-refractivity contribution in [3.63, 3.8) is 0 Å². The van der Waals surface area contributed by atoms with Gasteiger partial charge < -0.3 is 4.57 Å². The summed E-state index contributed by atoms with van der Waals surface area (Å²) < 4.78 is 2.11. The Morgan fingerprint density at radius 3 is 2.48 bits per heavy atom. The molecular formula is C20H30N6O2S. The molecule has 0 radical (unpaired) electrons. The Hall–Kier alpha value is -2.39. The number of unbranched alkanes of at least 4 members (excludes halogenated alkanes) is 1. The Morgan fingerprint density at radius 1 is 1.14 bits per heavy atom. The van der Waals surface area contributed by atoms with E-state index in [1.807, 2.05) is 20.2 Å². The summed E-state index contributed by atoms with van der Waals surface area (Å²) in [4.78, 5) is 26.3. The van der Waals surface area contributed by atoms with Crippen LogP contribution in [0, 0.1) is 0 Å². The molecule has 2 N–H and O–H groups in total. The van der Waals surface area contributed by atoms with Gasteiger partial charge in [-0.3, -0.25) is 25.3 Å². The largest absolute Gasteiger partial charge is 0.305 e. The van der Waals surface area contributed by atoms with Crippen molar-refractivity contribution >= 4 is 23.6 Å². The second kappa shape index (κ2) is 11.6. The number of benzene rings is 1. The molecule has 0 saturated carbocycles. The van der Waals surface area contributed by atoms with Gasteiger partial charge in [-0.25, -0.2) is 0 Å². The van der Waals surface area contributed by atoms with Crippen LogP contribution in [0.5, 0.6) is 0 Å². The quantitative estimate of drug-likeness (QED) is 0.455. The van der Waals surface area contributed by atoms with Crippen molar-refractivity contribution in [2.45, 2.75) is 50.9 Å². The van der Waals surface area contributed by atoms with E-state index >= 15 is 0 Å². The molecule has 2 rings (SSSR count). The molecule has 0 fully saturated rings. The lowest BCUT2D eigenvalue weighted by Crippen LogP contribution is -2.42. The van der Waals surface area contributed by atoms with Gasteiger partial charge >= 0.3 is 0 Å². The van der Waals surface area contributed by atoms with Crippen molar-refractivity contribution in [3.8, 4) is 0 Å². The number of aromatic nitrogens is 3. The Balaban J connectivity index is 1.97. The third-order valence-corrected chi connectivity index (χ3v) is 5.44. The molecule has 8 nitrogen and oxygen atoms in total. The lowest BCUT2D eigenvalue weighted by molar-refractivity contribution is -0.119. The molecule has 0 bridgehead atoms. The average molecular weight is 419 g/mol. The first-order valence-electron chi connectivity index (χ1n) is 9.84. The van der Waals surface area contributed by atoms with E-state index in [1.54, 1.807) is 24.3 Å². The molecule has 0 unspecified atom stereocenters. The number of hydrogen-bond acceptors (Lipinski definition) is 6. The summed E-state index contributed by atoms with van der Waals surface area (Å²) in [6, 6.07) is 8.91. The van der Waals surface area contributed by atoms with Crippen LogP contribution in [0.3, 0.4) is 0 Å². The van der Waals surface area contributed by atoms with Crippen molar-refractivity contribution in [2.24, 2.45) is 0 Å². The van der Waals surface area contributed by atoms with Crippen LogP contribution in [0.4, 0.5) is 0 Å². The molecule has 0 aliphatic rings. The van der Waals surface area contributed by atoms with E-state index in [0.29, 0.717) is 5.56 Å². The summed E-state index contributed by atoms with van der Waals surface area (Å²) in [5, 5.41) is 9.44. The maximum absolute atomic E-state index is 12.2. The molecule has 0 aliphatic heterocycles. The maximum atomic E-state index is 12.2. The van der Waals surface area contributed by atoms with Crippen LogP contribution in [0.2, 0.25) is 0 Å². The third kappa shape index (κ3) is 6.57. The predicted molar refractivity (Wildman–Crippen MR) is 114 cm³/mol. The van der Waals surface area contributed by atoms with E-state index in [-0.39, 0.29) is 23.6 Å². The molecule has 1 heterocycles. The van der Waals surface area contributed by atoms with Gasteiger partial charge in [-0.15, -0.1) is 10.2 Å².